The van der Waals surface area contributed by atoms with E-state index >= 15 is 0 Å². The number of anilines is 1. The number of carboxylic acids is 1. The number of rotatable bonds is 3. The number of carbonyl (C=O) groups is 2. The molecule has 2 atom stereocenters. The second kappa shape index (κ2) is 4.55. The Hall–Kier alpha value is -1.26. The van der Waals surface area contributed by atoms with Gasteiger partial charge < -0.3 is 10.4 Å². The summed E-state index contributed by atoms with van der Waals surface area (Å²) in [5.41, 5.74) is 0.403. The van der Waals surface area contributed by atoms with Crippen molar-refractivity contribution in [2.75, 3.05) is 5.32 Å². The van der Waals surface area contributed by atoms with Gasteiger partial charge in [0.15, 0.2) is 0 Å². The van der Waals surface area contributed by atoms with E-state index in [1.54, 1.807) is 18.2 Å². The summed E-state index contributed by atoms with van der Waals surface area (Å²) < 4.78 is 0. The summed E-state index contributed by atoms with van der Waals surface area (Å²) in [5, 5.41) is 11.9. The SMILES string of the molecule is O=C(O)C1CC1C(=O)Nc1cccc(Cl)c1Cl. The van der Waals surface area contributed by atoms with E-state index < -0.39 is 17.8 Å². The molecule has 0 aromatic heterocycles. The minimum atomic E-state index is -0.942. The molecule has 1 fully saturated rings. The summed E-state index contributed by atoms with van der Waals surface area (Å²) in [7, 11) is 0. The second-order valence-corrected chi connectivity index (χ2v) is 4.66. The molecule has 0 aliphatic heterocycles. The molecule has 0 heterocycles. The smallest absolute Gasteiger partial charge is 0.307 e. The van der Waals surface area contributed by atoms with Gasteiger partial charge in [-0.1, -0.05) is 29.3 Å². The first-order valence-electron chi connectivity index (χ1n) is 4.98. The van der Waals surface area contributed by atoms with Crippen LogP contribution in [0.2, 0.25) is 10.0 Å². The first kappa shape index (κ1) is 12.2. The van der Waals surface area contributed by atoms with Crippen molar-refractivity contribution in [1.29, 1.82) is 0 Å². The molecule has 1 saturated carbocycles. The fourth-order valence-electron chi connectivity index (χ4n) is 1.58. The third-order valence-electron chi connectivity index (χ3n) is 2.65. The summed E-state index contributed by atoms with van der Waals surface area (Å²) in [5.74, 6) is -2.32. The average molecular weight is 274 g/mol. The summed E-state index contributed by atoms with van der Waals surface area (Å²) in [6.45, 7) is 0. The van der Waals surface area contributed by atoms with Crippen molar-refractivity contribution in [3.8, 4) is 0 Å². The largest absolute Gasteiger partial charge is 0.481 e. The molecule has 90 valence electrons. The predicted molar refractivity (Wildman–Crippen MR) is 64.3 cm³/mol. The van der Waals surface area contributed by atoms with Crippen molar-refractivity contribution < 1.29 is 14.7 Å². The van der Waals surface area contributed by atoms with Crippen LogP contribution in [0.4, 0.5) is 5.69 Å². The van der Waals surface area contributed by atoms with Gasteiger partial charge >= 0.3 is 5.97 Å². The van der Waals surface area contributed by atoms with E-state index in [1.165, 1.54) is 0 Å². The zero-order chi connectivity index (χ0) is 12.6. The lowest BCUT2D eigenvalue weighted by molar-refractivity contribution is -0.139. The minimum absolute atomic E-state index is 0.259. The first-order chi connectivity index (χ1) is 8.00. The van der Waals surface area contributed by atoms with Gasteiger partial charge in [-0.2, -0.15) is 0 Å². The highest BCUT2D eigenvalue weighted by Crippen LogP contribution is 2.40. The normalized spacial score (nSPS) is 22.0. The van der Waals surface area contributed by atoms with Crippen molar-refractivity contribution in [3.05, 3.63) is 28.2 Å². The van der Waals surface area contributed by atoms with E-state index in [9.17, 15) is 9.59 Å². The van der Waals surface area contributed by atoms with Gasteiger partial charge in [0.25, 0.3) is 0 Å². The van der Waals surface area contributed by atoms with Crippen LogP contribution in [0.25, 0.3) is 0 Å². The van der Waals surface area contributed by atoms with Gasteiger partial charge in [-0.3, -0.25) is 9.59 Å². The summed E-state index contributed by atoms with van der Waals surface area (Å²) in [6, 6.07) is 4.88. The van der Waals surface area contributed by atoms with Gasteiger partial charge in [0, 0.05) is 0 Å². The number of amides is 1. The van der Waals surface area contributed by atoms with Crippen LogP contribution in [-0.4, -0.2) is 17.0 Å². The zero-order valence-electron chi connectivity index (χ0n) is 8.61. The average Bonchev–Trinajstić information content (AvgIpc) is 3.04. The number of carbonyl (C=O) groups excluding carboxylic acids is 1. The van der Waals surface area contributed by atoms with Gasteiger partial charge in [0.1, 0.15) is 0 Å². The Morgan fingerprint density at radius 2 is 2.00 bits per heavy atom. The van der Waals surface area contributed by atoms with E-state index in [4.69, 9.17) is 28.3 Å². The summed E-state index contributed by atoms with van der Waals surface area (Å²) in [4.78, 5) is 22.3. The molecule has 0 spiro atoms. The maximum Gasteiger partial charge on any atom is 0.307 e. The van der Waals surface area contributed by atoms with Crippen LogP contribution in [-0.2, 0) is 9.59 Å². The zero-order valence-corrected chi connectivity index (χ0v) is 10.1. The predicted octanol–water partition coefficient (Wildman–Crippen LogP) is 2.65. The molecule has 0 bridgehead atoms. The molecule has 2 unspecified atom stereocenters. The Morgan fingerprint density at radius 1 is 1.29 bits per heavy atom. The van der Waals surface area contributed by atoms with Crippen molar-refractivity contribution in [2.24, 2.45) is 11.8 Å². The molecule has 2 N–H and O–H groups in total. The third kappa shape index (κ3) is 2.53. The lowest BCUT2D eigenvalue weighted by Gasteiger charge is -2.07. The van der Waals surface area contributed by atoms with Crippen molar-refractivity contribution in [3.63, 3.8) is 0 Å². The minimum Gasteiger partial charge on any atom is -0.481 e. The third-order valence-corrected chi connectivity index (χ3v) is 3.47. The van der Waals surface area contributed by atoms with Crippen LogP contribution in [0, 0.1) is 11.8 Å². The van der Waals surface area contributed by atoms with Crippen LogP contribution in [0.5, 0.6) is 0 Å². The first-order valence-corrected chi connectivity index (χ1v) is 5.74. The van der Waals surface area contributed by atoms with E-state index in [2.05, 4.69) is 5.32 Å². The molecule has 1 aliphatic carbocycles. The van der Waals surface area contributed by atoms with Crippen molar-refractivity contribution >= 4 is 40.8 Å². The van der Waals surface area contributed by atoms with Crippen LogP contribution in [0.15, 0.2) is 18.2 Å². The van der Waals surface area contributed by atoms with Gasteiger partial charge in [0.05, 0.1) is 27.6 Å². The molecule has 2 rings (SSSR count). The molecule has 17 heavy (non-hydrogen) atoms. The Labute approximate surface area is 108 Å². The number of carboxylic acid groups (broad SMARTS) is 1. The lowest BCUT2D eigenvalue weighted by Crippen LogP contribution is -2.17. The Bertz CT molecular complexity index is 490. The monoisotopic (exact) mass is 273 g/mol. The van der Waals surface area contributed by atoms with Gasteiger partial charge in [-0.25, -0.2) is 0 Å². The fraction of sp³-hybridized carbons (Fsp3) is 0.273. The van der Waals surface area contributed by atoms with Gasteiger partial charge in [-0.15, -0.1) is 0 Å². The highest BCUT2D eigenvalue weighted by molar-refractivity contribution is 6.44. The molecule has 0 radical (unpaired) electrons. The number of aliphatic carboxylic acids is 1. The lowest BCUT2D eigenvalue weighted by atomic mass is 10.2. The maximum absolute atomic E-state index is 11.7. The van der Waals surface area contributed by atoms with E-state index in [-0.39, 0.29) is 10.9 Å². The molecule has 6 heteroatoms. The summed E-state index contributed by atoms with van der Waals surface area (Å²) in [6.07, 6.45) is 0.374. The van der Waals surface area contributed by atoms with Crippen LogP contribution < -0.4 is 5.32 Å². The van der Waals surface area contributed by atoms with E-state index in [1.807, 2.05) is 0 Å². The molecule has 1 amide bonds. The second-order valence-electron chi connectivity index (χ2n) is 3.88. The summed E-state index contributed by atoms with van der Waals surface area (Å²) >= 11 is 11.7. The number of hydrogen-bond acceptors (Lipinski definition) is 2. The molecule has 1 aliphatic rings. The Kier molecular flexibility index (Phi) is 3.26. The Morgan fingerprint density at radius 3 is 2.59 bits per heavy atom. The van der Waals surface area contributed by atoms with Crippen molar-refractivity contribution in [2.45, 2.75) is 6.42 Å². The van der Waals surface area contributed by atoms with Crippen LogP contribution in [0.3, 0.4) is 0 Å². The Balaban J connectivity index is 2.05. The molecule has 1 aromatic rings. The fourth-order valence-corrected chi connectivity index (χ4v) is 1.93. The molecular formula is C11H9Cl2NO3. The molecule has 1 aromatic carbocycles. The van der Waals surface area contributed by atoms with Crippen LogP contribution >= 0.6 is 23.2 Å². The van der Waals surface area contributed by atoms with Gasteiger partial charge in [0.2, 0.25) is 5.91 Å². The number of benzene rings is 1. The highest BCUT2D eigenvalue weighted by Gasteiger charge is 2.48. The highest BCUT2D eigenvalue weighted by atomic mass is 35.5. The number of nitrogens with one attached hydrogen (secondary N) is 1. The number of hydrogen-bond donors (Lipinski definition) is 2. The van der Waals surface area contributed by atoms with Gasteiger partial charge in [-0.05, 0) is 18.6 Å². The topological polar surface area (TPSA) is 66.4 Å². The quantitative estimate of drug-likeness (QED) is 0.890. The maximum atomic E-state index is 11.7. The van der Waals surface area contributed by atoms with Crippen LogP contribution in [0.1, 0.15) is 6.42 Å². The molecule has 0 saturated heterocycles. The molecular weight excluding hydrogens is 265 g/mol. The van der Waals surface area contributed by atoms with E-state index in [0.29, 0.717) is 17.1 Å². The standard InChI is InChI=1S/C11H9Cl2NO3/c12-7-2-1-3-8(9(7)13)14-10(15)5-4-6(5)11(16)17/h1-3,5-6H,4H2,(H,14,15)(H,16,17). The van der Waals surface area contributed by atoms with Crippen molar-refractivity contribution in [1.82, 2.24) is 0 Å². The number of halogens is 2. The molecule has 4 nitrogen and oxygen atoms in total. The van der Waals surface area contributed by atoms with E-state index in [0.717, 1.165) is 0 Å².